The van der Waals surface area contributed by atoms with Crippen molar-refractivity contribution in [2.24, 2.45) is 0 Å². The van der Waals surface area contributed by atoms with Gasteiger partial charge in [-0.1, -0.05) is 0 Å². The summed E-state index contributed by atoms with van der Waals surface area (Å²) in [6, 6.07) is 1.93. The van der Waals surface area contributed by atoms with Crippen LogP contribution in [-0.2, 0) is 15.0 Å². The monoisotopic (exact) mass is 317 g/mol. The Balaban J connectivity index is 2.53. The molecule has 0 radical (unpaired) electrons. The second-order valence-electron chi connectivity index (χ2n) is 5.20. The van der Waals surface area contributed by atoms with Crippen LogP contribution in [0.15, 0.2) is 12.1 Å². The van der Waals surface area contributed by atoms with Crippen LogP contribution >= 0.6 is 0 Å². The highest BCUT2D eigenvalue weighted by Gasteiger charge is 2.43. The summed E-state index contributed by atoms with van der Waals surface area (Å²) in [4.78, 5) is 32.8. The summed E-state index contributed by atoms with van der Waals surface area (Å²) in [6.07, 6.45) is -5.19. The van der Waals surface area contributed by atoms with Crippen molar-refractivity contribution in [1.29, 1.82) is 0 Å². The van der Waals surface area contributed by atoms with E-state index in [1.807, 2.05) is 0 Å². The number of alkyl halides is 3. The van der Waals surface area contributed by atoms with Gasteiger partial charge in [-0.3, -0.25) is 19.7 Å². The summed E-state index contributed by atoms with van der Waals surface area (Å²) in [6.45, 7) is 3.04. The van der Waals surface area contributed by atoms with E-state index in [0.717, 1.165) is 12.1 Å². The second kappa shape index (κ2) is 4.68. The third-order valence-corrected chi connectivity index (χ3v) is 3.33. The third kappa shape index (κ3) is 2.47. The highest BCUT2D eigenvalue weighted by molar-refractivity contribution is 6.07. The first-order valence-electron chi connectivity index (χ1n) is 5.97. The van der Waals surface area contributed by atoms with Gasteiger partial charge in [-0.25, -0.2) is 0 Å². The molecule has 2 N–H and O–H groups in total. The van der Waals surface area contributed by atoms with Crippen LogP contribution in [-0.4, -0.2) is 22.9 Å². The quantitative estimate of drug-likeness (QED) is 0.645. The molecule has 1 aromatic rings. The fourth-order valence-electron chi connectivity index (χ4n) is 2.05. The first-order chi connectivity index (χ1) is 9.94. The van der Waals surface area contributed by atoms with Crippen LogP contribution < -0.4 is 10.6 Å². The molecule has 0 aromatic heterocycles. The highest BCUT2D eigenvalue weighted by atomic mass is 19.4. The van der Waals surface area contributed by atoms with Gasteiger partial charge in [0.15, 0.2) is 0 Å². The van der Waals surface area contributed by atoms with Crippen molar-refractivity contribution in [3.8, 4) is 0 Å². The predicted octanol–water partition coefficient (Wildman–Crippen LogP) is 2.33. The van der Waals surface area contributed by atoms with Crippen LogP contribution in [0.25, 0.3) is 0 Å². The Bertz CT molecular complexity index is 698. The number of nitrogens with one attached hydrogen (secondary N) is 2. The molecule has 0 atom stereocenters. The number of fused-ring (bicyclic) bond motifs is 1. The number of nitro benzene ring substituents is 1. The lowest BCUT2D eigenvalue weighted by Gasteiger charge is -2.15. The van der Waals surface area contributed by atoms with E-state index in [4.69, 9.17) is 0 Å². The van der Waals surface area contributed by atoms with E-state index in [-0.39, 0.29) is 11.3 Å². The topological polar surface area (TPSA) is 101 Å². The zero-order chi connectivity index (χ0) is 16.9. The molecule has 1 aliphatic rings. The molecule has 0 unspecified atom stereocenters. The van der Waals surface area contributed by atoms with Crippen molar-refractivity contribution in [2.75, 3.05) is 10.6 Å². The number of amides is 2. The number of anilines is 2. The molecule has 0 bridgehead atoms. The molecule has 0 saturated heterocycles. The minimum absolute atomic E-state index is 0.123. The fourth-order valence-corrected chi connectivity index (χ4v) is 2.05. The zero-order valence-corrected chi connectivity index (χ0v) is 11.4. The van der Waals surface area contributed by atoms with Crippen molar-refractivity contribution < 1.29 is 27.7 Å². The third-order valence-electron chi connectivity index (χ3n) is 3.33. The molecule has 118 valence electrons. The van der Waals surface area contributed by atoms with E-state index in [0.29, 0.717) is 0 Å². The molecule has 0 aliphatic carbocycles. The van der Waals surface area contributed by atoms with Gasteiger partial charge in [-0.2, -0.15) is 13.2 Å². The van der Waals surface area contributed by atoms with Gasteiger partial charge in [-0.05, 0) is 25.5 Å². The van der Waals surface area contributed by atoms with Crippen molar-refractivity contribution in [2.45, 2.75) is 25.4 Å². The summed E-state index contributed by atoms with van der Waals surface area (Å²) in [5.74, 6) is -2.78. The highest BCUT2D eigenvalue weighted by Crippen LogP contribution is 2.42. The Morgan fingerprint density at radius 1 is 1.36 bits per heavy atom. The van der Waals surface area contributed by atoms with Gasteiger partial charge in [-0.15, -0.1) is 0 Å². The maximum absolute atomic E-state index is 12.3. The minimum atomic E-state index is -5.19. The number of rotatable bonds is 2. The predicted molar refractivity (Wildman–Crippen MR) is 69.4 cm³/mol. The summed E-state index contributed by atoms with van der Waals surface area (Å²) >= 11 is 0. The number of nitrogens with zero attached hydrogens (tertiary/aromatic N) is 1. The molecule has 0 saturated carbocycles. The van der Waals surface area contributed by atoms with E-state index < -0.39 is 39.7 Å². The Morgan fingerprint density at radius 3 is 2.45 bits per heavy atom. The molecule has 1 aliphatic heterocycles. The lowest BCUT2D eigenvalue weighted by molar-refractivity contribution is -0.384. The summed E-state index contributed by atoms with van der Waals surface area (Å²) in [5, 5.41) is 14.9. The van der Waals surface area contributed by atoms with Gasteiger partial charge in [0.25, 0.3) is 5.69 Å². The fraction of sp³-hybridized carbons (Fsp3) is 0.333. The molecule has 0 fully saturated rings. The first kappa shape index (κ1) is 15.7. The standard InChI is InChI=1S/C12H10F3N3O4/c1-11(2)5-3-8(18(21)22)7(4-6(5)16-9(11)19)17-10(20)12(13,14)15/h3-4H,1-2H3,(H,16,19)(H,17,20). The van der Waals surface area contributed by atoms with Crippen LogP contribution in [0.5, 0.6) is 0 Å². The molecular weight excluding hydrogens is 307 g/mol. The van der Waals surface area contributed by atoms with Crippen molar-refractivity contribution in [3.63, 3.8) is 0 Å². The lowest BCUT2D eigenvalue weighted by Crippen LogP contribution is -2.30. The smallest absolute Gasteiger partial charge is 0.325 e. The van der Waals surface area contributed by atoms with E-state index in [9.17, 15) is 32.9 Å². The Labute approximate surface area is 121 Å². The Morgan fingerprint density at radius 2 is 1.95 bits per heavy atom. The number of hydrogen-bond acceptors (Lipinski definition) is 4. The summed E-state index contributed by atoms with van der Waals surface area (Å²) < 4.78 is 36.8. The van der Waals surface area contributed by atoms with Crippen LogP contribution in [0.4, 0.5) is 30.2 Å². The number of hydrogen-bond donors (Lipinski definition) is 2. The normalized spacial score (nSPS) is 16.0. The van der Waals surface area contributed by atoms with E-state index in [1.54, 1.807) is 0 Å². The van der Waals surface area contributed by atoms with Crippen LogP contribution in [0.1, 0.15) is 19.4 Å². The number of nitro groups is 1. The number of carbonyl (C=O) groups excluding carboxylic acids is 2. The van der Waals surface area contributed by atoms with Crippen molar-refractivity contribution >= 4 is 28.9 Å². The molecule has 22 heavy (non-hydrogen) atoms. The SMILES string of the molecule is CC1(C)C(=O)Nc2cc(NC(=O)C(F)(F)F)c([N+](=O)[O-])cc21. The van der Waals surface area contributed by atoms with Crippen molar-refractivity contribution in [1.82, 2.24) is 0 Å². The largest absolute Gasteiger partial charge is 0.471 e. The molecule has 2 rings (SSSR count). The first-order valence-corrected chi connectivity index (χ1v) is 5.97. The maximum atomic E-state index is 12.3. The minimum Gasteiger partial charge on any atom is -0.325 e. The van der Waals surface area contributed by atoms with Gasteiger partial charge in [0.05, 0.1) is 10.3 Å². The molecule has 1 aromatic carbocycles. The molecule has 2 amide bonds. The van der Waals surface area contributed by atoms with Crippen molar-refractivity contribution in [3.05, 3.63) is 27.8 Å². The molecule has 1 heterocycles. The van der Waals surface area contributed by atoms with Gasteiger partial charge in [0.1, 0.15) is 5.69 Å². The maximum Gasteiger partial charge on any atom is 0.471 e. The van der Waals surface area contributed by atoms with E-state index >= 15 is 0 Å². The lowest BCUT2D eigenvalue weighted by atomic mass is 9.86. The van der Waals surface area contributed by atoms with Gasteiger partial charge >= 0.3 is 12.1 Å². The van der Waals surface area contributed by atoms with Gasteiger partial charge < -0.3 is 10.6 Å². The number of carbonyl (C=O) groups is 2. The average molecular weight is 317 g/mol. The Hall–Kier alpha value is -2.65. The average Bonchev–Trinajstić information content (AvgIpc) is 2.57. The summed E-state index contributed by atoms with van der Waals surface area (Å²) in [7, 11) is 0. The zero-order valence-electron chi connectivity index (χ0n) is 11.4. The Kier molecular flexibility index (Phi) is 3.35. The van der Waals surface area contributed by atoms with E-state index in [2.05, 4.69) is 5.32 Å². The van der Waals surface area contributed by atoms with Gasteiger partial charge in [0, 0.05) is 11.8 Å². The van der Waals surface area contributed by atoms with Crippen LogP contribution in [0, 0.1) is 10.1 Å². The molecule has 10 heteroatoms. The van der Waals surface area contributed by atoms with Gasteiger partial charge in [0.2, 0.25) is 5.91 Å². The molecule has 7 nitrogen and oxygen atoms in total. The van der Waals surface area contributed by atoms with Crippen LogP contribution in [0.3, 0.4) is 0 Å². The number of benzene rings is 1. The molecular formula is C12H10F3N3O4. The second-order valence-corrected chi connectivity index (χ2v) is 5.20. The summed E-state index contributed by atoms with van der Waals surface area (Å²) in [5.41, 5.74) is -2.02. The number of halogens is 3. The van der Waals surface area contributed by atoms with E-state index in [1.165, 1.54) is 19.2 Å². The molecule has 0 spiro atoms. The van der Waals surface area contributed by atoms with Crippen LogP contribution in [0.2, 0.25) is 0 Å².